The molecule has 0 saturated carbocycles. The van der Waals surface area contributed by atoms with Crippen molar-refractivity contribution in [2.24, 2.45) is 0 Å². The lowest BCUT2D eigenvalue weighted by atomic mass is 10.0. The third kappa shape index (κ3) is 7.07. The van der Waals surface area contributed by atoms with Crippen LogP contribution < -0.4 is 33.9 Å². The lowest BCUT2D eigenvalue weighted by molar-refractivity contribution is -0.692. The first-order valence-electron chi connectivity index (χ1n) is 10.1. The second-order valence-electron chi connectivity index (χ2n) is 7.45. The largest absolute Gasteiger partial charge is 1.00 e. The molecule has 2 heterocycles. The minimum Gasteiger partial charge on any atom is -1.00 e. The van der Waals surface area contributed by atoms with Gasteiger partial charge in [0.05, 0.1) is 0 Å². The molecule has 176 valence electrons. The van der Waals surface area contributed by atoms with Gasteiger partial charge in [0.2, 0.25) is 5.69 Å². The summed E-state index contributed by atoms with van der Waals surface area (Å²) in [5.74, 6) is -0.000363. The molecule has 0 radical (unpaired) electrons. The van der Waals surface area contributed by atoms with Crippen molar-refractivity contribution < 1.29 is 53.1 Å². The molecule has 2 N–H and O–H groups in total. The molecule has 0 aliphatic carbocycles. The minimum absolute atomic E-state index is 0. The second kappa shape index (κ2) is 12.0. The molecule has 4 aromatic rings. The first kappa shape index (κ1) is 27.4. The molecule has 0 atom stereocenters. The lowest BCUT2D eigenvalue weighted by Crippen LogP contribution is -3.00. The maximum absolute atomic E-state index is 12.6. The fraction of sp³-hybridized carbons (Fsp3) is 0.0800. The summed E-state index contributed by atoms with van der Waals surface area (Å²) in [5, 5.41) is 0. The summed E-state index contributed by atoms with van der Waals surface area (Å²) in [6, 6.07) is 24.6. The number of halogens is 2. The highest BCUT2D eigenvalue weighted by molar-refractivity contribution is 7.51. The third-order valence-electron chi connectivity index (χ3n) is 5.17. The number of ketones is 1. The Hall–Kier alpha value is -2.86. The van der Waals surface area contributed by atoms with Crippen molar-refractivity contribution in [3.63, 3.8) is 0 Å². The van der Waals surface area contributed by atoms with Crippen LogP contribution in [0.1, 0.15) is 15.9 Å². The van der Waals surface area contributed by atoms with Crippen molar-refractivity contribution in [2.45, 2.75) is 6.54 Å². The smallest absolute Gasteiger partial charge is 0.331 e. The van der Waals surface area contributed by atoms with E-state index in [0.717, 1.165) is 16.8 Å². The van der Waals surface area contributed by atoms with Crippen molar-refractivity contribution >= 4 is 13.4 Å². The number of carbonyl (C=O) groups excluding carboxylic acids is 1. The summed E-state index contributed by atoms with van der Waals surface area (Å²) in [5.41, 5.74) is 4.30. The molecule has 0 aliphatic heterocycles. The average molecular weight is 517 g/mol. The molecule has 4 rings (SSSR count). The van der Waals surface area contributed by atoms with Gasteiger partial charge >= 0.3 is 7.60 Å². The van der Waals surface area contributed by atoms with Crippen LogP contribution in [0.5, 0.6) is 0 Å². The van der Waals surface area contributed by atoms with E-state index >= 15 is 0 Å². The van der Waals surface area contributed by atoms with Gasteiger partial charge in [-0.1, -0.05) is 30.3 Å². The quantitative estimate of drug-likeness (QED) is 0.159. The first-order valence-corrected chi connectivity index (χ1v) is 11.9. The average Bonchev–Trinajstić information content (AvgIpc) is 2.83. The Morgan fingerprint density at radius 3 is 1.74 bits per heavy atom. The molecule has 0 fully saturated rings. The van der Waals surface area contributed by atoms with E-state index in [1.54, 1.807) is 4.57 Å². The standard InChI is InChI=1S/C25H21N2O4P.2ClH/c28-25(22-4-2-1-3-5-22)23-6-8-24(9-7-23)27-16-12-21(13-17-27)20-10-14-26(15-11-20)18-19-32(29,30)31;;/h1-17H,18-19H2;2*1H. The van der Waals surface area contributed by atoms with Crippen molar-refractivity contribution in [3.05, 3.63) is 115 Å². The Morgan fingerprint density at radius 2 is 1.21 bits per heavy atom. The van der Waals surface area contributed by atoms with E-state index in [0.29, 0.717) is 11.1 Å². The van der Waals surface area contributed by atoms with Crippen molar-refractivity contribution in [1.29, 1.82) is 0 Å². The van der Waals surface area contributed by atoms with Gasteiger partial charge in [-0.15, -0.1) is 0 Å². The van der Waals surface area contributed by atoms with Crippen LogP contribution in [0.25, 0.3) is 16.8 Å². The molecule has 0 aliphatic rings. The summed E-state index contributed by atoms with van der Waals surface area (Å²) >= 11 is 0. The Kier molecular flexibility index (Phi) is 9.68. The van der Waals surface area contributed by atoms with E-state index in [1.807, 2.05) is 108 Å². The second-order valence-corrected chi connectivity index (χ2v) is 9.23. The van der Waals surface area contributed by atoms with E-state index in [-0.39, 0.29) is 43.3 Å². The van der Waals surface area contributed by atoms with Gasteiger partial charge in [0, 0.05) is 47.5 Å². The highest BCUT2D eigenvalue weighted by Crippen LogP contribution is 2.33. The molecule has 34 heavy (non-hydrogen) atoms. The summed E-state index contributed by atoms with van der Waals surface area (Å²) in [7, 11) is -4.00. The zero-order valence-corrected chi connectivity index (χ0v) is 20.4. The molecule has 0 spiro atoms. The van der Waals surface area contributed by atoms with Gasteiger partial charge in [0.1, 0.15) is 6.16 Å². The highest BCUT2D eigenvalue weighted by atomic mass is 35.5. The molecule has 0 saturated heterocycles. The number of pyridine rings is 2. The zero-order chi connectivity index (χ0) is 22.6. The van der Waals surface area contributed by atoms with Gasteiger partial charge in [0.15, 0.2) is 37.1 Å². The highest BCUT2D eigenvalue weighted by Gasteiger charge is 2.16. The Labute approximate surface area is 210 Å². The van der Waals surface area contributed by atoms with Crippen LogP contribution in [0, 0.1) is 0 Å². The number of carbonyl (C=O) groups is 1. The van der Waals surface area contributed by atoms with Gasteiger partial charge in [-0.3, -0.25) is 9.36 Å². The molecule has 0 amide bonds. The number of hydrogen-bond acceptors (Lipinski definition) is 2. The molecular formula is C25H23Cl2N2O4P. The molecule has 6 nitrogen and oxygen atoms in total. The van der Waals surface area contributed by atoms with Crippen LogP contribution in [0.3, 0.4) is 0 Å². The van der Waals surface area contributed by atoms with Crippen LogP contribution in [0.4, 0.5) is 0 Å². The number of benzene rings is 2. The van der Waals surface area contributed by atoms with Crippen LogP contribution in [0.2, 0.25) is 0 Å². The maximum atomic E-state index is 12.6. The monoisotopic (exact) mass is 516 g/mol. The van der Waals surface area contributed by atoms with Crippen LogP contribution in [-0.4, -0.2) is 21.7 Å². The predicted molar refractivity (Wildman–Crippen MR) is 120 cm³/mol. The molecule has 2 aromatic heterocycles. The van der Waals surface area contributed by atoms with Gasteiger partial charge in [-0.25, -0.2) is 4.57 Å². The van der Waals surface area contributed by atoms with Gasteiger partial charge in [0.25, 0.3) is 0 Å². The maximum Gasteiger partial charge on any atom is 0.331 e. The van der Waals surface area contributed by atoms with Crippen molar-refractivity contribution in [2.75, 3.05) is 6.16 Å². The fourth-order valence-corrected chi connectivity index (χ4v) is 3.87. The van der Waals surface area contributed by atoms with Gasteiger partial charge in [-0.05, 0) is 23.3 Å². The molecule has 2 aromatic carbocycles. The van der Waals surface area contributed by atoms with Crippen LogP contribution >= 0.6 is 7.60 Å². The van der Waals surface area contributed by atoms with Crippen molar-refractivity contribution in [1.82, 2.24) is 0 Å². The van der Waals surface area contributed by atoms with Crippen LogP contribution in [-0.2, 0) is 11.1 Å². The number of aryl methyl sites for hydroxylation is 1. The van der Waals surface area contributed by atoms with E-state index in [2.05, 4.69) is 0 Å². The van der Waals surface area contributed by atoms with E-state index in [1.165, 1.54) is 0 Å². The summed E-state index contributed by atoms with van der Waals surface area (Å²) in [4.78, 5) is 30.6. The Morgan fingerprint density at radius 1 is 0.706 bits per heavy atom. The molecule has 9 heteroatoms. The normalized spacial score (nSPS) is 10.6. The summed E-state index contributed by atoms with van der Waals surface area (Å²) in [6.07, 6.45) is 7.36. The molecule has 0 bridgehead atoms. The zero-order valence-electron chi connectivity index (χ0n) is 18.0. The predicted octanol–water partition coefficient (Wildman–Crippen LogP) is -2.67. The summed E-state index contributed by atoms with van der Waals surface area (Å²) in [6.45, 7) is 0.266. The third-order valence-corrected chi connectivity index (χ3v) is 5.95. The number of nitrogens with zero attached hydrogens (tertiary/aromatic N) is 2. The van der Waals surface area contributed by atoms with E-state index in [4.69, 9.17) is 9.79 Å². The van der Waals surface area contributed by atoms with Crippen LogP contribution in [0.15, 0.2) is 104 Å². The molecular weight excluding hydrogens is 494 g/mol. The Bertz CT molecular complexity index is 1260. The molecule has 0 unspecified atom stereocenters. The van der Waals surface area contributed by atoms with E-state index in [9.17, 15) is 9.36 Å². The number of aromatic nitrogens is 2. The number of rotatable bonds is 7. The van der Waals surface area contributed by atoms with Gasteiger partial charge in [-0.2, -0.15) is 4.57 Å². The summed E-state index contributed by atoms with van der Waals surface area (Å²) < 4.78 is 14.8. The lowest BCUT2D eigenvalue weighted by Gasteiger charge is -2.03. The van der Waals surface area contributed by atoms with Crippen molar-refractivity contribution in [3.8, 4) is 16.8 Å². The first-order chi connectivity index (χ1) is 15.4. The van der Waals surface area contributed by atoms with E-state index < -0.39 is 7.60 Å². The topological polar surface area (TPSA) is 82.4 Å². The SMILES string of the molecule is O=C(c1ccccc1)c1ccc(-[n+]2ccc(-c3cc[n+](CCP(=O)(O)O)cc3)cc2)cc1.[Cl-].[Cl-]. The Balaban J connectivity index is 0.00000204. The minimum atomic E-state index is -4.00. The fourth-order valence-electron chi connectivity index (χ4n) is 3.38. The van der Waals surface area contributed by atoms with Gasteiger partial charge < -0.3 is 34.6 Å². The number of hydrogen-bond donors (Lipinski definition) is 2.